The highest BCUT2D eigenvalue weighted by atomic mass is 32.1. The predicted molar refractivity (Wildman–Crippen MR) is 73.5 cm³/mol. The lowest BCUT2D eigenvalue weighted by Crippen LogP contribution is -2.40. The van der Waals surface area contributed by atoms with Crippen LogP contribution in [0.15, 0.2) is 16.4 Å². The van der Waals surface area contributed by atoms with Gasteiger partial charge in [-0.05, 0) is 38.0 Å². The van der Waals surface area contributed by atoms with Crippen molar-refractivity contribution >= 4 is 17.3 Å². The number of guanidine groups is 1. The molecule has 1 atom stereocenters. The lowest BCUT2D eigenvalue weighted by Gasteiger charge is -2.27. The van der Waals surface area contributed by atoms with E-state index in [0.717, 1.165) is 19.6 Å². The maximum Gasteiger partial charge on any atom is 0.191 e. The van der Waals surface area contributed by atoms with Gasteiger partial charge in [0.05, 0.1) is 12.6 Å². The van der Waals surface area contributed by atoms with E-state index in [4.69, 9.17) is 5.73 Å². The van der Waals surface area contributed by atoms with Crippen LogP contribution >= 0.6 is 11.3 Å². The van der Waals surface area contributed by atoms with E-state index in [9.17, 15) is 0 Å². The van der Waals surface area contributed by atoms with E-state index in [-0.39, 0.29) is 0 Å². The first kappa shape index (κ1) is 12.4. The van der Waals surface area contributed by atoms with Crippen molar-refractivity contribution < 1.29 is 0 Å². The van der Waals surface area contributed by atoms with Gasteiger partial charge in [-0.3, -0.25) is 4.99 Å². The zero-order chi connectivity index (χ0) is 12.4. The Labute approximate surface area is 107 Å². The van der Waals surface area contributed by atoms with Crippen LogP contribution in [0.25, 0.3) is 0 Å². The third-order valence-corrected chi connectivity index (χ3v) is 4.21. The fourth-order valence-electron chi connectivity index (χ4n) is 2.06. The molecule has 0 aromatic carbocycles. The molecule has 1 aliphatic heterocycles. The van der Waals surface area contributed by atoms with E-state index in [1.165, 1.54) is 10.4 Å². The zero-order valence-electron chi connectivity index (χ0n) is 10.7. The summed E-state index contributed by atoms with van der Waals surface area (Å²) in [6, 6.07) is 2.51. The second-order valence-electron chi connectivity index (χ2n) is 4.68. The second-order valence-corrected chi connectivity index (χ2v) is 5.63. The number of likely N-dealkylation sites (N-methyl/N-ethyl adjacent to an activating group) is 1. The average molecular weight is 252 g/mol. The number of nitrogens with two attached hydrogens (primary N) is 1. The number of hydrogen-bond donors (Lipinski definition) is 1. The maximum absolute atomic E-state index is 5.97. The Hall–Kier alpha value is -1.07. The van der Waals surface area contributed by atoms with Crippen molar-refractivity contribution in [3.05, 3.63) is 21.9 Å². The highest BCUT2D eigenvalue weighted by Crippen LogP contribution is 2.31. The Morgan fingerprint density at radius 3 is 2.94 bits per heavy atom. The van der Waals surface area contributed by atoms with Gasteiger partial charge in [-0.25, -0.2) is 0 Å². The highest BCUT2D eigenvalue weighted by molar-refractivity contribution is 7.10. The molecule has 0 aliphatic carbocycles. The first-order valence-corrected chi connectivity index (χ1v) is 6.73. The van der Waals surface area contributed by atoms with Crippen LogP contribution in [0, 0.1) is 6.92 Å². The smallest absolute Gasteiger partial charge is 0.191 e. The molecule has 17 heavy (non-hydrogen) atoms. The third-order valence-electron chi connectivity index (χ3n) is 3.09. The molecule has 1 aromatic heterocycles. The summed E-state index contributed by atoms with van der Waals surface area (Å²) in [6.07, 6.45) is 0. The van der Waals surface area contributed by atoms with E-state index >= 15 is 0 Å². The van der Waals surface area contributed by atoms with E-state index < -0.39 is 0 Å². The van der Waals surface area contributed by atoms with Crippen LogP contribution in [-0.4, -0.2) is 49.5 Å². The maximum atomic E-state index is 5.97. The molecule has 2 N–H and O–H groups in total. The molecule has 1 aliphatic rings. The molecule has 0 fully saturated rings. The molecule has 0 amide bonds. The van der Waals surface area contributed by atoms with Gasteiger partial charge in [0.1, 0.15) is 0 Å². The number of hydrogen-bond acceptors (Lipinski definition) is 5. The zero-order valence-corrected chi connectivity index (χ0v) is 11.5. The summed E-state index contributed by atoms with van der Waals surface area (Å²) in [7, 11) is 4.16. The van der Waals surface area contributed by atoms with Crippen LogP contribution in [0.3, 0.4) is 0 Å². The SMILES string of the molecule is Cc1ccsc1C1CN=C(N)N1CCN(C)C. The molecule has 0 spiro atoms. The van der Waals surface area contributed by atoms with Gasteiger partial charge in [0.15, 0.2) is 5.96 Å². The summed E-state index contributed by atoms with van der Waals surface area (Å²) in [6.45, 7) is 4.88. The summed E-state index contributed by atoms with van der Waals surface area (Å²) >= 11 is 1.80. The van der Waals surface area contributed by atoms with Crippen molar-refractivity contribution in [2.45, 2.75) is 13.0 Å². The normalized spacial score (nSPS) is 20.1. The number of thiophene rings is 1. The minimum atomic E-state index is 0.343. The lowest BCUT2D eigenvalue weighted by molar-refractivity contribution is 0.295. The summed E-state index contributed by atoms with van der Waals surface area (Å²) < 4.78 is 0. The van der Waals surface area contributed by atoms with Crippen LogP contribution in [0.1, 0.15) is 16.5 Å². The fraction of sp³-hybridized carbons (Fsp3) is 0.583. The predicted octanol–water partition coefficient (Wildman–Crippen LogP) is 1.29. The Morgan fingerprint density at radius 1 is 1.59 bits per heavy atom. The molecule has 0 radical (unpaired) electrons. The van der Waals surface area contributed by atoms with Crippen molar-refractivity contribution in [3.63, 3.8) is 0 Å². The van der Waals surface area contributed by atoms with Gasteiger partial charge in [0.2, 0.25) is 0 Å². The quantitative estimate of drug-likeness (QED) is 0.878. The molecule has 1 unspecified atom stereocenters. The molecule has 0 bridgehead atoms. The minimum Gasteiger partial charge on any atom is -0.370 e. The largest absolute Gasteiger partial charge is 0.370 e. The molecule has 0 saturated heterocycles. The Kier molecular flexibility index (Phi) is 3.69. The van der Waals surface area contributed by atoms with E-state index in [1.807, 2.05) is 0 Å². The monoisotopic (exact) mass is 252 g/mol. The fourth-order valence-corrected chi connectivity index (χ4v) is 3.09. The van der Waals surface area contributed by atoms with Gasteiger partial charge < -0.3 is 15.5 Å². The summed E-state index contributed by atoms with van der Waals surface area (Å²) in [5.74, 6) is 0.685. The molecule has 1 aromatic rings. The second kappa shape index (κ2) is 5.06. The van der Waals surface area contributed by atoms with Crippen LogP contribution in [0.4, 0.5) is 0 Å². The number of rotatable bonds is 4. The molecular weight excluding hydrogens is 232 g/mol. The summed E-state index contributed by atoms with van der Waals surface area (Å²) in [5.41, 5.74) is 7.32. The van der Waals surface area contributed by atoms with Gasteiger partial charge in [-0.1, -0.05) is 0 Å². The standard InChI is InChI=1S/C12H20N4S/c1-9-4-7-17-11(9)10-8-14-12(13)16(10)6-5-15(2)3/h4,7,10H,5-6,8H2,1-3H3,(H2,13,14). The van der Waals surface area contributed by atoms with Gasteiger partial charge >= 0.3 is 0 Å². The van der Waals surface area contributed by atoms with Crippen molar-refractivity contribution in [1.29, 1.82) is 0 Å². The van der Waals surface area contributed by atoms with Gasteiger partial charge in [0, 0.05) is 18.0 Å². The average Bonchev–Trinajstić information content (AvgIpc) is 2.82. The van der Waals surface area contributed by atoms with Crippen LogP contribution in [-0.2, 0) is 0 Å². The molecule has 2 heterocycles. The first-order valence-electron chi connectivity index (χ1n) is 5.85. The Morgan fingerprint density at radius 2 is 2.35 bits per heavy atom. The summed E-state index contributed by atoms with van der Waals surface area (Å²) in [5, 5.41) is 2.14. The lowest BCUT2D eigenvalue weighted by atomic mass is 10.1. The van der Waals surface area contributed by atoms with E-state index in [2.05, 4.69) is 47.3 Å². The molecule has 5 heteroatoms. The van der Waals surface area contributed by atoms with Gasteiger partial charge in [-0.2, -0.15) is 0 Å². The molecular formula is C12H20N4S. The number of aryl methyl sites for hydroxylation is 1. The van der Waals surface area contributed by atoms with E-state index in [0.29, 0.717) is 12.0 Å². The summed E-state index contributed by atoms with van der Waals surface area (Å²) in [4.78, 5) is 10.2. The minimum absolute atomic E-state index is 0.343. The Bertz CT molecular complexity index is 410. The van der Waals surface area contributed by atoms with E-state index in [1.54, 1.807) is 11.3 Å². The molecule has 2 rings (SSSR count). The molecule has 94 valence electrons. The van der Waals surface area contributed by atoms with Gasteiger partial charge in [0.25, 0.3) is 0 Å². The van der Waals surface area contributed by atoms with Gasteiger partial charge in [-0.15, -0.1) is 11.3 Å². The molecule has 4 nitrogen and oxygen atoms in total. The first-order chi connectivity index (χ1) is 8.09. The van der Waals surface area contributed by atoms with Crippen molar-refractivity contribution in [1.82, 2.24) is 9.80 Å². The van der Waals surface area contributed by atoms with Crippen molar-refractivity contribution in [2.75, 3.05) is 33.7 Å². The Balaban J connectivity index is 2.10. The van der Waals surface area contributed by atoms with Crippen LogP contribution in [0.5, 0.6) is 0 Å². The third kappa shape index (κ3) is 2.61. The topological polar surface area (TPSA) is 44.9 Å². The van der Waals surface area contributed by atoms with Crippen molar-refractivity contribution in [3.8, 4) is 0 Å². The number of aliphatic imine (C=N–C) groups is 1. The number of nitrogens with zero attached hydrogens (tertiary/aromatic N) is 3. The molecule has 0 saturated carbocycles. The highest BCUT2D eigenvalue weighted by Gasteiger charge is 2.28. The van der Waals surface area contributed by atoms with Crippen molar-refractivity contribution in [2.24, 2.45) is 10.7 Å². The van der Waals surface area contributed by atoms with Crippen LogP contribution < -0.4 is 5.73 Å². The van der Waals surface area contributed by atoms with Crippen LogP contribution in [0.2, 0.25) is 0 Å².